The maximum atomic E-state index is 3.57. The molecule has 49 heavy (non-hydrogen) atoms. The Balaban J connectivity index is -0.000000245. The van der Waals surface area contributed by atoms with Gasteiger partial charge in [-0.2, -0.15) is 0 Å². The molecule has 0 radical (unpaired) electrons. The Labute approximate surface area is 312 Å². The zero-order valence-electron chi connectivity index (χ0n) is 31.5. The number of nitrogens with zero attached hydrogens (tertiary/aromatic N) is 6. The molecule has 0 aromatic carbocycles. The largest absolute Gasteiger partial charge is 0.312 e. The van der Waals surface area contributed by atoms with Gasteiger partial charge in [0.15, 0.2) is 0 Å². The number of piperazine rings is 1. The van der Waals surface area contributed by atoms with Crippen LogP contribution in [0.1, 0.15) is 97.4 Å². The van der Waals surface area contributed by atoms with Crippen LogP contribution in [0.3, 0.4) is 0 Å². The zero-order chi connectivity index (χ0) is 32.6. The molecule has 0 saturated carbocycles. The fourth-order valence-electron chi connectivity index (χ4n) is 7.72. The molecule has 0 amide bonds. The number of likely N-dealkylation sites (N-methyl/N-ethyl adjacent to an activating group) is 2. The highest BCUT2D eigenvalue weighted by Gasteiger charge is 2.32. The van der Waals surface area contributed by atoms with Gasteiger partial charge in [0.05, 0.1) is 0 Å². The van der Waals surface area contributed by atoms with E-state index in [-0.39, 0.29) is 37.1 Å². The second-order valence-electron chi connectivity index (χ2n) is 16.3. The van der Waals surface area contributed by atoms with E-state index in [1.165, 1.54) is 111 Å². The minimum absolute atomic E-state index is 0. The SMILES string of the molecule is C.C.C.C.C.CC1CN(C)C1.CC1CN(C)C1.CC1CN(C)CCN1.CN1C[C@H]2CCCN[C@H]2C1.C[C@@H]1CCN(C)C1.C[C@@H]1CCN(C)C1. The van der Waals surface area contributed by atoms with Gasteiger partial charge in [-0.1, -0.05) is 64.8 Å². The normalized spacial score (nSPS) is 30.3. The number of hydrogen-bond donors (Lipinski definition) is 2. The third-order valence-corrected chi connectivity index (χ3v) is 10.1. The van der Waals surface area contributed by atoms with Gasteiger partial charge in [-0.15, -0.1) is 0 Å². The lowest BCUT2D eigenvalue weighted by atomic mass is 9.94. The molecule has 7 aliphatic rings. The van der Waals surface area contributed by atoms with Gasteiger partial charge in [-0.05, 0) is 124 Å². The molecule has 7 fully saturated rings. The van der Waals surface area contributed by atoms with Crippen LogP contribution in [0.15, 0.2) is 0 Å². The molecular weight excluding hydrogens is 605 g/mol. The summed E-state index contributed by atoms with van der Waals surface area (Å²) in [7, 11) is 13.1. The van der Waals surface area contributed by atoms with Crippen molar-refractivity contribution >= 4 is 0 Å². The van der Waals surface area contributed by atoms with E-state index in [0.29, 0.717) is 6.04 Å². The predicted molar refractivity (Wildman–Crippen MR) is 227 cm³/mol. The smallest absolute Gasteiger partial charge is 0.0235 e. The summed E-state index contributed by atoms with van der Waals surface area (Å²) in [4.78, 5) is 14.2. The quantitative estimate of drug-likeness (QED) is 0.299. The Morgan fingerprint density at radius 2 is 0.796 bits per heavy atom. The molecule has 302 valence electrons. The van der Waals surface area contributed by atoms with E-state index in [1.807, 2.05) is 0 Å². The molecule has 0 aromatic heterocycles. The average Bonchev–Trinajstić information content (AvgIpc) is 3.62. The molecule has 7 aliphatic heterocycles. The number of fused-ring (bicyclic) bond motifs is 1. The first-order chi connectivity index (χ1) is 20.8. The summed E-state index contributed by atoms with van der Waals surface area (Å²) in [5, 5.41) is 6.94. The topological polar surface area (TPSA) is 43.5 Å². The number of rotatable bonds is 0. The Bertz CT molecular complexity index is 630. The van der Waals surface area contributed by atoms with Crippen LogP contribution in [-0.2, 0) is 0 Å². The van der Waals surface area contributed by atoms with Gasteiger partial charge >= 0.3 is 0 Å². The monoisotopic (exact) mass is 703 g/mol. The molecule has 7 saturated heterocycles. The van der Waals surface area contributed by atoms with Crippen molar-refractivity contribution in [2.45, 2.75) is 110 Å². The number of hydrogen-bond acceptors (Lipinski definition) is 8. The summed E-state index contributed by atoms with van der Waals surface area (Å²) in [6.45, 7) is 29.2. The maximum absolute atomic E-state index is 3.57. The highest BCUT2D eigenvalue weighted by molar-refractivity contribution is 4.90. The summed E-state index contributed by atoms with van der Waals surface area (Å²) >= 11 is 0. The lowest BCUT2D eigenvalue weighted by Gasteiger charge is -2.33. The lowest BCUT2D eigenvalue weighted by molar-refractivity contribution is 0.149. The van der Waals surface area contributed by atoms with E-state index >= 15 is 0 Å². The fraction of sp³-hybridized carbons (Fsp3) is 1.00. The Kier molecular flexibility index (Phi) is 34.1. The molecule has 0 aliphatic carbocycles. The minimum atomic E-state index is 0. The first-order valence-corrected chi connectivity index (χ1v) is 18.4. The van der Waals surface area contributed by atoms with Crippen molar-refractivity contribution < 1.29 is 0 Å². The predicted octanol–water partition coefficient (Wildman–Crippen LogP) is 6.44. The summed E-state index contributed by atoms with van der Waals surface area (Å²) < 4.78 is 0. The molecule has 0 spiro atoms. The molecule has 8 nitrogen and oxygen atoms in total. The van der Waals surface area contributed by atoms with Crippen LogP contribution in [0.2, 0.25) is 0 Å². The van der Waals surface area contributed by atoms with Crippen LogP contribution in [0.4, 0.5) is 0 Å². The van der Waals surface area contributed by atoms with Gasteiger partial charge in [0.25, 0.3) is 0 Å². The highest BCUT2D eigenvalue weighted by atomic mass is 15.2. The van der Waals surface area contributed by atoms with Gasteiger partial charge in [-0.3, -0.25) is 0 Å². The molecular formula is C41H98N8. The zero-order valence-corrected chi connectivity index (χ0v) is 31.5. The number of nitrogens with one attached hydrogen (secondary N) is 2. The highest BCUT2D eigenvalue weighted by Crippen LogP contribution is 2.23. The third-order valence-electron chi connectivity index (χ3n) is 10.1. The van der Waals surface area contributed by atoms with Crippen molar-refractivity contribution in [1.29, 1.82) is 0 Å². The Morgan fingerprint density at radius 3 is 1.04 bits per heavy atom. The van der Waals surface area contributed by atoms with Gasteiger partial charge in [0.2, 0.25) is 0 Å². The molecule has 0 aromatic rings. The van der Waals surface area contributed by atoms with Crippen LogP contribution in [-0.4, -0.2) is 175 Å². The molecule has 1 unspecified atom stereocenters. The second kappa shape index (κ2) is 30.2. The van der Waals surface area contributed by atoms with Gasteiger partial charge in [-0.25, -0.2) is 0 Å². The maximum Gasteiger partial charge on any atom is 0.0235 e. The van der Waals surface area contributed by atoms with Crippen molar-refractivity contribution in [3.8, 4) is 0 Å². The van der Waals surface area contributed by atoms with Crippen LogP contribution in [0.25, 0.3) is 0 Å². The van der Waals surface area contributed by atoms with E-state index in [1.54, 1.807) is 0 Å². The van der Waals surface area contributed by atoms with Gasteiger partial charge < -0.3 is 40.0 Å². The summed E-state index contributed by atoms with van der Waals surface area (Å²) in [5.41, 5.74) is 0. The van der Waals surface area contributed by atoms with Crippen LogP contribution in [0.5, 0.6) is 0 Å². The van der Waals surface area contributed by atoms with E-state index in [2.05, 4.69) is 117 Å². The minimum Gasteiger partial charge on any atom is -0.312 e. The summed E-state index contributed by atoms with van der Waals surface area (Å²) in [6.07, 6.45) is 5.63. The van der Waals surface area contributed by atoms with Crippen molar-refractivity contribution in [2.24, 2.45) is 29.6 Å². The van der Waals surface area contributed by atoms with Crippen molar-refractivity contribution in [1.82, 2.24) is 40.0 Å². The van der Waals surface area contributed by atoms with E-state index in [9.17, 15) is 0 Å². The second-order valence-corrected chi connectivity index (χ2v) is 16.3. The molecule has 0 bridgehead atoms. The number of piperidine rings is 1. The summed E-state index contributed by atoms with van der Waals surface area (Å²) in [5.74, 6) is 4.79. The van der Waals surface area contributed by atoms with E-state index < -0.39 is 0 Å². The molecule has 2 N–H and O–H groups in total. The van der Waals surface area contributed by atoms with Crippen molar-refractivity contribution in [2.75, 3.05) is 134 Å². The Morgan fingerprint density at radius 1 is 0.388 bits per heavy atom. The average molecular weight is 703 g/mol. The first kappa shape index (κ1) is 55.4. The van der Waals surface area contributed by atoms with Gasteiger partial charge in [0.1, 0.15) is 0 Å². The Hall–Kier alpha value is -0.320. The first-order valence-electron chi connectivity index (χ1n) is 18.4. The van der Waals surface area contributed by atoms with Crippen molar-refractivity contribution in [3.05, 3.63) is 0 Å². The van der Waals surface area contributed by atoms with E-state index in [0.717, 1.165) is 42.2 Å². The number of likely N-dealkylation sites (tertiary alicyclic amines) is 5. The molecule has 7 heterocycles. The van der Waals surface area contributed by atoms with E-state index in [4.69, 9.17) is 0 Å². The fourth-order valence-corrected chi connectivity index (χ4v) is 7.72. The van der Waals surface area contributed by atoms with Crippen molar-refractivity contribution in [3.63, 3.8) is 0 Å². The molecule has 7 rings (SSSR count). The molecule has 5 atom stereocenters. The third kappa shape index (κ3) is 25.3. The summed E-state index contributed by atoms with van der Waals surface area (Å²) in [6, 6.07) is 1.51. The van der Waals surface area contributed by atoms with Gasteiger partial charge in [0, 0.05) is 84.1 Å². The lowest BCUT2D eigenvalue weighted by Crippen LogP contribution is -2.47. The van der Waals surface area contributed by atoms with Crippen LogP contribution < -0.4 is 10.6 Å². The van der Waals surface area contributed by atoms with Crippen LogP contribution >= 0.6 is 0 Å². The van der Waals surface area contributed by atoms with Crippen LogP contribution in [0, 0.1) is 29.6 Å². The standard InChI is InChI=1S/C8H16N2.C6H14N2.2C6H13N.2C5H11N.5CH4/c1-10-5-7-3-2-4-9-8(7)6-10;1-6-5-8(2)4-3-7-6;2*1-6-3-4-7(2)5-6;2*1-5-3-6(2)4-5;;;;;/h7-9H,2-6H2,1H3;6-7H,3-5H2,1-2H3;2*6H,3-5H2,1-2H3;2*5H,3-4H2,1-2H3;5*1H4/t7-,8+;;2*6-;;;;;;;/m1.11......./s1. The molecule has 8 heteroatoms.